The van der Waals surface area contributed by atoms with E-state index in [9.17, 15) is 9.59 Å². The summed E-state index contributed by atoms with van der Waals surface area (Å²) in [4.78, 5) is 26.3. The Balaban J connectivity index is 1.25. The molecule has 31 heavy (non-hydrogen) atoms. The molecule has 1 atom stereocenters. The third kappa shape index (κ3) is 5.59. The summed E-state index contributed by atoms with van der Waals surface area (Å²) < 4.78 is 5.59. The molecule has 7 nitrogen and oxygen atoms in total. The molecule has 2 aromatic carbocycles. The van der Waals surface area contributed by atoms with Gasteiger partial charge in [0.2, 0.25) is 16.9 Å². The summed E-state index contributed by atoms with van der Waals surface area (Å²) in [5, 5.41) is 12.9. The van der Waals surface area contributed by atoms with Crippen LogP contribution < -0.4 is 15.0 Å². The molecule has 1 N–H and O–H groups in total. The number of ether oxygens (including phenoxy) is 1. The number of aromatic nitrogens is 2. The summed E-state index contributed by atoms with van der Waals surface area (Å²) in [5.41, 5.74) is 0.813. The van der Waals surface area contributed by atoms with E-state index in [1.54, 1.807) is 17.0 Å². The van der Waals surface area contributed by atoms with Crippen molar-refractivity contribution >= 4 is 45.6 Å². The van der Waals surface area contributed by atoms with Gasteiger partial charge in [-0.3, -0.25) is 9.59 Å². The van der Waals surface area contributed by atoms with Crippen LogP contribution in [0.5, 0.6) is 5.75 Å². The van der Waals surface area contributed by atoms with E-state index >= 15 is 0 Å². The van der Waals surface area contributed by atoms with E-state index in [0.717, 1.165) is 16.4 Å². The molecule has 1 aliphatic rings. The molecule has 3 aromatic rings. The number of hydrogen-bond donors (Lipinski definition) is 1. The Morgan fingerprint density at radius 3 is 2.71 bits per heavy atom. The zero-order valence-electron chi connectivity index (χ0n) is 16.7. The number of carbonyl (C=O) groups excluding carboxylic acids is 2. The first-order valence-corrected chi connectivity index (χ1v) is 11.1. The number of amides is 2. The van der Waals surface area contributed by atoms with E-state index in [-0.39, 0.29) is 17.7 Å². The zero-order valence-corrected chi connectivity index (χ0v) is 18.2. The van der Waals surface area contributed by atoms with Crippen LogP contribution >= 0.6 is 22.9 Å². The second-order valence-electron chi connectivity index (χ2n) is 7.14. The van der Waals surface area contributed by atoms with Crippen molar-refractivity contribution in [2.45, 2.75) is 25.2 Å². The largest absolute Gasteiger partial charge is 0.494 e. The van der Waals surface area contributed by atoms with Crippen LogP contribution in [0.2, 0.25) is 5.02 Å². The van der Waals surface area contributed by atoms with Crippen LogP contribution in [-0.2, 0) is 9.59 Å². The van der Waals surface area contributed by atoms with E-state index in [2.05, 4.69) is 15.5 Å². The quantitative estimate of drug-likeness (QED) is 0.504. The van der Waals surface area contributed by atoms with E-state index in [1.807, 2.05) is 42.5 Å². The molecule has 2 heterocycles. The minimum absolute atomic E-state index is 0.0338. The van der Waals surface area contributed by atoms with Crippen molar-refractivity contribution in [1.82, 2.24) is 10.2 Å². The molecule has 0 bridgehead atoms. The number of para-hydroxylation sites is 1. The first kappa shape index (κ1) is 21.3. The predicted octanol–water partition coefficient (Wildman–Crippen LogP) is 4.51. The Kier molecular flexibility index (Phi) is 6.79. The van der Waals surface area contributed by atoms with Crippen molar-refractivity contribution < 1.29 is 14.3 Å². The van der Waals surface area contributed by atoms with Crippen molar-refractivity contribution in [3.8, 4) is 5.75 Å². The van der Waals surface area contributed by atoms with Crippen LogP contribution in [0.1, 0.15) is 30.2 Å². The molecule has 4 rings (SSSR count). The first-order chi connectivity index (χ1) is 15.1. The third-order valence-electron chi connectivity index (χ3n) is 4.86. The van der Waals surface area contributed by atoms with Crippen LogP contribution in [0.25, 0.3) is 0 Å². The number of anilines is 2. The van der Waals surface area contributed by atoms with Crippen LogP contribution in [-0.4, -0.2) is 35.2 Å². The Labute approximate surface area is 189 Å². The molecule has 9 heteroatoms. The second-order valence-corrected chi connectivity index (χ2v) is 8.59. The summed E-state index contributed by atoms with van der Waals surface area (Å²) in [6.07, 6.45) is 1.29. The fourth-order valence-corrected chi connectivity index (χ4v) is 4.29. The van der Waals surface area contributed by atoms with E-state index in [4.69, 9.17) is 16.3 Å². The van der Waals surface area contributed by atoms with Crippen LogP contribution in [0.3, 0.4) is 0 Å². The molecule has 0 spiro atoms. The molecular weight excluding hydrogens is 436 g/mol. The van der Waals surface area contributed by atoms with E-state index < -0.39 is 0 Å². The summed E-state index contributed by atoms with van der Waals surface area (Å²) in [7, 11) is 0. The van der Waals surface area contributed by atoms with Crippen molar-refractivity contribution in [2.75, 3.05) is 23.4 Å². The summed E-state index contributed by atoms with van der Waals surface area (Å²) in [6, 6.07) is 16.7. The Morgan fingerprint density at radius 1 is 1.16 bits per heavy atom. The van der Waals surface area contributed by atoms with Gasteiger partial charge in [-0.15, -0.1) is 10.2 Å². The highest BCUT2D eigenvalue weighted by Crippen LogP contribution is 2.34. The molecule has 1 fully saturated rings. The second kappa shape index (κ2) is 9.89. The number of nitrogens with one attached hydrogen (secondary N) is 1. The monoisotopic (exact) mass is 456 g/mol. The summed E-state index contributed by atoms with van der Waals surface area (Å²) in [6.45, 7) is 0.989. The normalized spacial score (nSPS) is 15.8. The van der Waals surface area contributed by atoms with Gasteiger partial charge in [0.25, 0.3) is 0 Å². The van der Waals surface area contributed by atoms with Gasteiger partial charge < -0.3 is 15.0 Å². The highest BCUT2D eigenvalue weighted by atomic mass is 35.5. The highest BCUT2D eigenvalue weighted by Gasteiger charge is 2.33. The lowest BCUT2D eigenvalue weighted by Gasteiger charge is -2.16. The topological polar surface area (TPSA) is 84.4 Å². The SMILES string of the molecule is O=C(CCCOc1ccccc1)Nc1nnc([C@@H]2CC(=O)N(c3ccc(Cl)cc3)C2)s1. The molecule has 0 unspecified atom stereocenters. The summed E-state index contributed by atoms with van der Waals surface area (Å²) >= 11 is 7.24. The lowest BCUT2D eigenvalue weighted by Crippen LogP contribution is -2.24. The maximum absolute atomic E-state index is 12.4. The number of benzene rings is 2. The average molecular weight is 457 g/mol. The molecule has 160 valence electrons. The minimum atomic E-state index is -0.135. The minimum Gasteiger partial charge on any atom is -0.494 e. The van der Waals surface area contributed by atoms with Gasteiger partial charge in [0, 0.05) is 36.0 Å². The van der Waals surface area contributed by atoms with Crippen molar-refractivity contribution in [2.24, 2.45) is 0 Å². The number of hydrogen-bond acceptors (Lipinski definition) is 6. The maximum Gasteiger partial charge on any atom is 0.227 e. The lowest BCUT2D eigenvalue weighted by atomic mass is 10.1. The van der Waals surface area contributed by atoms with Gasteiger partial charge >= 0.3 is 0 Å². The molecule has 1 aromatic heterocycles. The maximum atomic E-state index is 12.4. The van der Waals surface area contributed by atoms with Crippen molar-refractivity contribution in [3.05, 3.63) is 64.6 Å². The van der Waals surface area contributed by atoms with Crippen LogP contribution in [0.15, 0.2) is 54.6 Å². The van der Waals surface area contributed by atoms with Gasteiger partial charge in [0.05, 0.1) is 6.61 Å². The van der Waals surface area contributed by atoms with E-state index in [1.165, 1.54) is 11.3 Å². The first-order valence-electron chi connectivity index (χ1n) is 9.95. The zero-order chi connectivity index (χ0) is 21.6. The molecule has 1 saturated heterocycles. The Hall–Kier alpha value is -2.97. The van der Waals surface area contributed by atoms with Crippen LogP contribution in [0.4, 0.5) is 10.8 Å². The molecule has 1 aliphatic heterocycles. The van der Waals surface area contributed by atoms with Crippen LogP contribution in [0, 0.1) is 0 Å². The third-order valence-corrected chi connectivity index (χ3v) is 6.11. The number of halogens is 1. The van der Waals surface area contributed by atoms with Gasteiger partial charge in [-0.25, -0.2) is 0 Å². The molecule has 2 amide bonds. The average Bonchev–Trinajstić information content (AvgIpc) is 3.39. The van der Waals surface area contributed by atoms with Gasteiger partial charge in [0.1, 0.15) is 10.8 Å². The predicted molar refractivity (Wildman–Crippen MR) is 121 cm³/mol. The number of rotatable bonds is 8. The Morgan fingerprint density at radius 2 is 1.94 bits per heavy atom. The van der Waals surface area contributed by atoms with Gasteiger partial charge in [0.15, 0.2) is 0 Å². The molecule has 0 radical (unpaired) electrons. The van der Waals surface area contributed by atoms with Crippen molar-refractivity contribution in [1.29, 1.82) is 0 Å². The highest BCUT2D eigenvalue weighted by molar-refractivity contribution is 7.15. The fraction of sp³-hybridized carbons (Fsp3) is 0.273. The molecule has 0 saturated carbocycles. The number of carbonyl (C=O) groups is 2. The Bertz CT molecular complexity index is 1040. The molecular formula is C22H21ClN4O3S. The number of nitrogens with zero attached hydrogens (tertiary/aromatic N) is 3. The van der Waals surface area contributed by atoms with E-state index in [0.29, 0.717) is 42.6 Å². The standard InChI is InChI=1S/C22H21ClN4O3S/c23-16-8-10-17(11-9-16)27-14-15(13-20(27)29)21-25-26-22(31-21)24-19(28)7-4-12-30-18-5-2-1-3-6-18/h1-3,5-6,8-11,15H,4,7,12-14H2,(H,24,26,28)/t15-/m1/s1. The lowest BCUT2D eigenvalue weighted by molar-refractivity contribution is -0.117. The van der Waals surface area contributed by atoms with Gasteiger partial charge in [-0.2, -0.15) is 0 Å². The van der Waals surface area contributed by atoms with Crippen molar-refractivity contribution in [3.63, 3.8) is 0 Å². The smallest absolute Gasteiger partial charge is 0.227 e. The summed E-state index contributed by atoms with van der Waals surface area (Å²) in [5.74, 6) is 0.636. The molecule has 0 aliphatic carbocycles. The fourth-order valence-electron chi connectivity index (χ4n) is 3.31. The van der Waals surface area contributed by atoms with Gasteiger partial charge in [-0.1, -0.05) is 41.1 Å². The van der Waals surface area contributed by atoms with Gasteiger partial charge in [-0.05, 0) is 42.8 Å².